The van der Waals surface area contributed by atoms with Crippen molar-refractivity contribution in [1.82, 2.24) is 0 Å². The summed E-state index contributed by atoms with van der Waals surface area (Å²) < 4.78 is 6.32. The number of ether oxygens (including phenoxy) is 1. The quantitative estimate of drug-likeness (QED) is 0.393. The van der Waals surface area contributed by atoms with Crippen LogP contribution in [0.3, 0.4) is 0 Å². The van der Waals surface area contributed by atoms with Gasteiger partial charge in [0.15, 0.2) is 0 Å². The summed E-state index contributed by atoms with van der Waals surface area (Å²) in [7, 11) is 0. The van der Waals surface area contributed by atoms with E-state index in [2.05, 4.69) is 48.6 Å². The highest BCUT2D eigenvalue weighted by molar-refractivity contribution is 5.50. The molecule has 31 heavy (non-hydrogen) atoms. The summed E-state index contributed by atoms with van der Waals surface area (Å²) in [6, 6.07) is 12.4. The molecule has 2 aromatic carbocycles. The molecule has 0 spiro atoms. The zero-order valence-electron chi connectivity index (χ0n) is 16.5. The van der Waals surface area contributed by atoms with Crippen LogP contribution in [0.4, 0.5) is 11.4 Å². The minimum absolute atomic E-state index is 0.0241. The molecule has 0 N–H and O–H groups in total. The molecule has 1 saturated carbocycles. The van der Waals surface area contributed by atoms with Gasteiger partial charge in [0.1, 0.15) is 0 Å². The van der Waals surface area contributed by atoms with Gasteiger partial charge in [-0.25, -0.2) is 0 Å². The molecule has 1 fully saturated rings. The molecular weight excluding hydrogens is 396 g/mol. The predicted molar refractivity (Wildman–Crippen MR) is 112 cm³/mol. The molecule has 5 aliphatic rings. The molecule has 0 radical (unpaired) electrons. The molecule has 0 unspecified atom stereocenters. The Morgan fingerprint density at radius 1 is 0.806 bits per heavy atom. The Labute approximate surface area is 178 Å². The van der Waals surface area contributed by atoms with Crippen molar-refractivity contribution >= 4 is 11.4 Å². The van der Waals surface area contributed by atoms with Crippen molar-refractivity contribution in [3.63, 3.8) is 0 Å². The maximum absolute atomic E-state index is 11.5. The van der Waals surface area contributed by atoms with Crippen LogP contribution in [0, 0.1) is 43.9 Å². The normalized spacial score (nSPS) is 33.4. The molecule has 0 heterocycles. The van der Waals surface area contributed by atoms with E-state index in [1.807, 2.05) is 0 Å². The third-order valence-corrected chi connectivity index (χ3v) is 7.62. The fourth-order valence-corrected chi connectivity index (χ4v) is 6.50. The van der Waals surface area contributed by atoms with Gasteiger partial charge < -0.3 is 4.74 Å². The van der Waals surface area contributed by atoms with E-state index in [0.29, 0.717) is 29.2 Å². The second-order valence-electron chi connectivity index (χ2n) is 8.86. The molecule has 2 aromatic rings. The zero-order valence-corrected chi connectivity index (χ0v) is 16.5. The van der Waals surface area contributed by atoms with Gasteiger partial charge in [0.05, 0.1) is 34.2 Å². The van der Waals surface area contributed by atoms with E-state index in [1.165, 1.54) is 23.3 Å². The number of nitro benzene ring substituents is 2. The van der Waals surface area contributed by atoms with Crippen LogP contribution in [-0.4, -0.2) is 16.0 Å². The van der Waals surface area contributed by atoms with Crippen molar-refractivity contribution in [1.29, 1.82) is 0 Å². The van der Waals surface area contributed by atoms with Gasteiger partial charge in [-0.2, -0.15) is 0 Å². The van der Waals surface area contributed by atoms with Crippen LogP contribution >= 0.6 is 0 Å². The van der Waals surface area contributed by atoms with E-state index in [1.54, 1.807) is 0 Å². The lowest BCUT2D eigenvalue weighted by molar-refractivity contribution is -0.394. The van der Waals surface area contributed by atoms with Gasteiger partial charge in [0.2, 0.25) is 0 Å². The van der Waals surface area contributed by atoms with Gasteiger partial charge in [-0.1, -0.05) is 48.6 Å². The van der Waals surface area contributed by atoms with Crippen LogP contribution in [-0.2, 0) is 11.3 Å². The standard InChI is InChI=1S/C24H20N2O5/c27-25(28)14-6-5-13(21(11-14)26(29)30)12-31-24-19-9-10-20(24)23-18-8-7-17(22(19)23)15-3-1-2-4-16(15)18/h1-11,17-20,22-24H,12H2/t17-,18-,19+,20+,22+,23+/m1/s1. The number of hydrogen-bond acceptors (Lipinski definition) is 5. The van der Waals surface area contributed by atoms with E-state index < -0.39 is 9.85 Å². The molecule has 0 aliphatic heterocycles. The van der Waals surface area contributed by atoms with E-state index >= 15 is 0 Å². The summed E-state index contributed by atoms with van der Waals surface area (Å²) in [5.41, 5.74) is 2.65. The number of nitro groups is 2. The number of non-ortho nitro benzene ring substituents is 1. The Hall–Kier alpha value is -3.32. The summed E-state index contributed by atoms with van der Waals surface area (Å²) in [5.74, 6) is 2.28. The smallest absolute Gasteiger partial charge is 0.281 e. The van der Waals surface area contributed by atoms with Crippen LogP contribution < -0.4 is 0 Å². The van der Waals surface area contributed by atoms with Gasteiger partial charge in [-0.3, -0.25) is 20.2 Å². The third-order valence-electron chi connectivity index (χ3n) is 7.62. The first-order valence-corrected chi connectivity index (χ1v) is 10.5. The summed E-state index contributed by atoms with van der Waals surface area (Å²) in [5, 5.41) is 22.5. The molecular formula is C24H20N2O5. The maximum atomic E-state index is 11.5. The monoisotopic (exact) mass is 416 g/mol. The summed E-state index contributed by atoms with van der Waals surface area (Å²) in [6.45, 7) is 0.0722. The Morgan fingerprint density at radius 3 is 1.97 bits per heavy atom. The van der Waals surface area contributed by atoms with Crippen molar-refractivity contribution in [2.75, 3.05) is 0 Å². The Kier molecular flexibility index (Phi) is 3.92. The molecule has 0 amide bonds. The number of fused-ring (bicyclic) bond motifs is 2. The predicted octanol–water partition coefficient (Wildman–Crippen LogP) is 4.89. The number of allylic oxidation sites excluding steroid dienone is 2. The number of nitrogens with zero attached hydrogens (tertiary/aromatic N) is 2. The van der Waals surface area contributed by atoms with E-state index in [-0.39, 0.29) is 35.9 Å². The molecule has 7 nitrogen and oxygen atoms in total. The highest BCUT2D eigenvalue weighted by atomic mass is 16.6. The minimum atomic E-state index is -0.621. The number of hydrogen-bond donors (Lipinski definition) is 0. The number of rotatable bonds is 5. The fraction of sp³-hybridized carbons (Fsp3) is 0.333. The van der Waals surface area contributed by atoms with Crippen LogP contribution in [0.5, 0.6) is 0 Å². The maximum Gasteiger partial charge on any atom is 0.281 e. The van der Waals surface area contributed by atoms with E-state index in [4.69, 9.17) is 4.74 Å². The Balaban J connectivity index is 1.27. The summed E-state index contributed by atoms with van der Waals surface area (Å²) in [6.07, 6.45) is 9.20. The SMILES string of the molecule is O=[N+]([O-])c1ccc(COC2[C@H]3C=C[C@H]2[C@H]2[C@H]3[C@@H]3C=C[C@@H]2c2ccccc23)c([N+](=O)[O-])c1. The molecule has 6 atom stereocenters. The topological polar surface area (TPSA) is 95.5 Å². The molecule has 0 aromatic heterocycles. The van der Waals surface area contributed by atoms with Crippen LogP contribution in [0.2, 0.25) is 0 Å². The van der Waals surface area contributed by atoms with Crippen molar-refractivity contribution in [3.8, 4) is 0 Å². The molecule has 7 heteroatoms. The zero-order chi connectivity index (χ0) is 21.3. The van der Waals surface area contributed by atoms with Crippen LogP contribution in [0.1, 0.15) is 28.5 Å². The van der Waals surface area contributed by atoms with Crippen molar-refractivity contribution in [2.45, 2.75) is 24.5 Å². The first-order valence-electron chi connectivity index (χ1n) is 10.5. The summed E-state index contributed by atoms with van der Waals surface area (Å²) in [4.78, 5) is 21.3. The second-order valence-corrected chi connectivity index (χ2v) is 8.86. The summed E-state index contributed by atoms with van der Waals surface area (Å²) >= 11 is 0. The third kappa shape index (κ3) is 2.56. The average molecular weight is 416 g/mol. The average Bonchev–Trinajstić information content (AvgIpc) is 3.34. The Bertz CT molecular complexity index is 1120. The molecule has 7 rings (SSSR count). The highest BCUT2D eigenvalue weighted by Gasteiger charge is 2.60. The van der Waals surface area contributed by atoms with Crippen molar-refractivity contribution in [3.05, 3.63) is 104 Å². The number of benzene rings is 2. The van der Waals surface area contributed by atoms with E-state index in [0.717, 1.165) is 6.07 Å². The Morgan fingerprint density at radius 2 is 1.42 bits per heavy atom. The van der Waals surface area contributed by atoms with Crippen molar-refractivity contribution in [2.24, 2.45) is 23.7 Å². The van der Waals surface area contributed by atoms with Gasteiger partial charge >= 0.3 is 0 Å². The fourth-order valence-electron chi connectivity index (χ4n) is 6.50. The minimum Gasteiger partial charge on any atom is -0.372 e. The van der Waals surface area contributed by atoms with Gasteiger partial charge in [-0.15, -0.1) is 0 Å². The van der Waals surface area contributed by atoms with Gasteiger partial charge in [0, 0.05) is 29.7 Å². The van der Waals surface area contributed by atoms with Crippen LogP contribution in [0.15, 0.2) is 66.8 Å². The van der Waals surface area contributed by atoms with Crippen LogP contribution in [0.25, 0.3) is 0 Å². The highest BCUT2D eigenvalue weighted by Crippen LogP contribution is 2.65. The molecule has 5 aliphatic carbocycles. The lowest BCUT2D eigenvalue weighted by Gasteiger charge is -2.46. The first-order chi connectivity index (χ1) is 15.0. The largest absolute Gasteiger partial charge is 0.372 e. The van der Waals surface area contributed by atoms with Gasteiger partial charge in [-0.05, 0) is 29.0 Å². The first kappa shape index (κ1) is 18.4. The van der Waals surface area contributed by atoms with Crippen molar-refractivity contribution < 1.29 is 14.6 Å². The molecule has 0 saturated heterocycles. The second kappa shape index (κ2) is 6.59. The lowest BCUT2D eigenvalue weighted by atomic mass is 9.57. The van der Waals surface area contributed by atoms with E-state index in [9.17, 15) is 20.2 Å². The lowest BCUT2D eigenvalue weighted by Crippen LogP contribution is -2.37. The molecule has 4 bridgehead atoms. The molecule has 156 valence electrons. The van der Waals surface area contributed by atoms with Gasteiger partial charge in [0.25, 0.3) is 11.4 Å².